The van der Waals surface area contributed by atoms with E-state index in [0.29, 0.717) is 44.0 Å². The highest BCUT2D eigenvalue weighted by molar-refractivity contribution is 7.92. The van der Waals surface area contributed by atoms with Crippen LogP contribution in [0.5, 0.6) is 0 Å². The quantitative estimate of drug-likeness (QED) is 0.485. The summed E-state index contributed by atoms with van der Waals surface area (Å²) < 4.78 is 42.0. The van der Waals surface area contributed by atoms with Crippen molar-refractivity contribution in [2.45, 2.75) is 24.8 Å². The molecule has 4 rings (SSSR count). The molecule has 9 heteroatoms. The van der Waals surface area contributed by atoms with Gasteiger partial charge in [0, 0.05) is 44.0 Å². The van der Waals surface area contributed by atoms with E-state index in [1.165, 1.54) is 24.3 Å². The summed E-state index contributed by atoms with van der Waals surface area (Å²) in [5.41, 5.74) is 2.39. The van der Waals surface area contributed by atoms with Gasteiger partial charge in [0.1, 0.15) is 5.82 Å². The first-order valence-corrected chi connectivity index (χ1v) is 12.9. The molecule has 3 aromatic carbocycles. The second kappa shape index (κ2) is 10.5. The molecule has 0 aliphatic carbocycles. The fraction of sp³-hybridized carbons (Fsp3) is 0.269. The van der Waals surface area contributed by atoms with Crippen LogP contribution in [0, 0.1) is 5.82 Å². The number of piperazine rings is 1. The Bertz CT molecular complexity index is 1300. The molecule has 184 valence electrons. The number of carboxylic acids is 1. The molecule has 1 aliphatic heterocycles. The number of sulfonamides is 1. The van der Waals surface area contributed by atoms with Crippen LogP contribution in [0.25, 0.3) is 0 Å². The molecule has 35 heavy (non-hydrogen) atoms. The third kappa shape index (κ3) is 5.80. The van der Waals surface area contributed by atoms with E-state index in [0.717, 1.165) is 12.0 Å². The smallest absolute Gasteiger partial charge is 0.337 e. The summed E-state index contributed by atoms with van der Waals surface area (Å²) in [6.45, 7) is 4.92. The van der Waals surface area contributed by atoms with Crippen molar-refractivity contribution in [2.24, 2.45) is 0 Å². The summed E-state index contributed by atoms with van der Waals surface area (Å²) in [4.78, 5) is 16.2. The predicted octanol–water partition coefficient (Wildman–Crippen LogP) is 4.21. The standard InChI is InChI=1S/C26H28FN3O4S/c1-2-19-7-10-22(11-8-19)35(33,34)28-21-9-12-25(23(17-21)26(31)32)30-15-13-29(14-16-30)18-20-5-3-4-6-24(20)27/h3-12,17,28H,2,13-16,18H2,1H3,(H,31,32). The van der Waals surface area contributed by atoms with Crippen LogP contribution in [0.4, 0.5) is 15.8 Å². The Morgan fingerprint density at radius 3 is 2.31 bits per heavy atom. The molecule has 7 nitrogen and oxygen atoms in total. The molecular formula is C26H28FN3O4S. The van der Waals surface area contributed by atoms with Gasteiger partial charge in [0.25, 0.3) is 10.0 Å². The van der Waals surface area contributed by atoms with E-state index in [9.17, 15) is 22.7 Å². The fourth-order valence-corrected chi connectivity index (χ4v) is 5.23. The van der Waals surface area contributed by atoms with Crippen LogP contribution in [-0.2, 0) is 23.0 Å². The van der Waals surface area contributed by atoms with Crippen molar-refractivity contribution in [1.82, 2.24) is 4.90 Å². The molecule has 0 unspecified atom stereocenters. The lowest BCUT2D eigenvalue weighted by molar-refractivity contribution is 0.0697. The first kappa shape index (κ1) is 24.7. The predicted molar refractivity (Wildman–Crippen MR) is 134 cm³/mol. The third-order valence-corrected chi connectivity index (χ3v) is 7.58. The zero-order chi connectivity index (χ0) is 25.0. The summed E-state index contributed by atoms with van der Waals surface area (Å²) in [5.74, 6) is -1.37. The number of hydrogen-bond acceptors (Lipinski definition) is 5. The number of aryl methyl sites for hydroxylation is 1. The van der Waals surface area contributed by atoms with Crippen LogP contribution >= 0.6 is 0 Å². The number of halogens is 1. The fourth-order valence-electron chi connectivity index (χ4n) is 4.18. The minimum absolute atomic E-state index is 0.0223. The Labute approximate surface area is 204 Å². The summed E-state index contributed by atoms with van der Waals surface area (Å²) in [6.07, 6.45) is 0.800. The van der Waals surface area contributed by atoms with Gasteiger partial charge in [0.2, 0.25) is 0 Å². The number of carbonyl (C=O) groups is 1. The minimum Gasteiger partial charge on any atom is -0.478 e. The molecular weight excluding hydrogens is 469 g/mol. The Morgan fingerprint density at radius 2 is 1.69 bits per heavy atom. The molecule has 2 N–H and O–H groups in total. The van der Waals surface area contributed by atoms with E-state index in [2.05, 4.69) is 9.62 Å². The molecule has 0 atom stereocenters. The Kier molecular flexibility index (Phi) is 7.37. The molecule has 0 radical (unpaired) electrons. The highest BCUT2D eigenvalue weighted by Crippen LogP contribution is 2.27. The van der Waals surface area contributed by atoms with Gasteiger partial charge in [-0.05, 0) is 48.4 Å². The third-order valence-electron chi connectivity index (χ3n) is 6.19. The van der Waals surface area contributed by atoms with Gasteiger partial charge in [-0.1, -0.05) is 37.3 Å². The molecule has 1 aliphatic rings. The van der Waals surface area contributed by atoms with Gasteiger partial charge in [-0.2, -0.15) is 0 Å². The lowest BCUT2D eigenvalue weighted by atomic mass is 10.1. The SMILES string of the molecule is CCc1ccc(S(=O)(=O)Nc2ccc(N3CCN(Cc4ccccc4F)CC3)c(C(=O)O)c2)cc1. The molecule has 0 bridgehead atoms. The van der Waals surface area contributed by atoms with Crippen molar-refractivity contribution in [3.63, 3.8) is 0 Å². The Morgan fingerprint density at radius 1 is 1.00 bits per heavy atom. The Balaban J connectivity index is 1.47. The second-order valence-corrected chi connectivity index (χ2v) is 10.2. The van der Waals surface area contributed by atoms with E-state index in [-0.39, 0.29) is 22.0 Å². The lowest BCUT2D eigenvalue weighted by Crippen LogP contribution is -2.46. The summed E-state index contributed by atoms with van der Waals surface area (Å²) in [6, 6.07) is 17.8. The molecule has 3 aromatic rings. The van der Waals surface area contributed by atoms with Gasteiger partial charge >= 0.3 is 5.97 Å². The van der Waals surface area contributed by atoms with Crippen molar-refractivity contribution in [3.05, 3.63) is 89.2 Å². The number of hydrogen-bond donors (Lipinski definition) is 2. The normalized spacial score (nSPS) is 14.6. The molecule has 1 heterocycles. The molecule has 1 fully saturated rings. The Hall–Kier alpha value is -3.43. The van der Waals surface area contributed by atoms with Crippen molar-refractivity contribution >= 4 is 27.4 Å². The number of nitrogens with zero attached hydrogens (tertiary/aromatic N) is 2. The van der Waals surface area contributed by atoms with Gasteiger partial charge in [0.05, 0.1) is 16.1 Å². The average molecular weight is 498 g/mol. The average Bonchev–Trinajstić information content (AvgIpc) is 2.86. The van der Waals surface area contributed by atoms with Crippen molar-refractivity contribution < 1.29 is 22.7 Å². The van der Waals surface area contributed by atoms with Crippen molar-refractivity contribution in [1.29, 1.82) is 0 Å². The van der Waals surface area contributed by atoms with Crippen LogP contribution in [-0.4, -0.2) is 50.6 Å². The number of nitrogens with one attached hydrogen (secondary N) is 1. The van der Waals surface area contributed by atoms with Crippen molar-refractivity contribution in [3.8, 4) is 0 Å². The molecule has 0 aromatic heterocycles. The molecule has 1 saturated heterocycles. The maximum absolute atomic E-state index is 14.0. The van der Waals surface area contributed by atoms with Gasteiger partial charge < -0.3 is 10.0 Å². The van der Waals surface area contributed by atoms with E-state index in [1.807, 2.05) is 17.9 Å². The van der Waals surface area contributed by atoms with Gasteiger partial charge in [-0.15, -0.1) is 0 Å². The summed E-state index contributed by atoms with van der Waals surface area (Å²) in [7, 11) is -3.85. The molecule has 0 amide bonds. The van der Waals surface area contributed by atoms with Crippen LogP contribution in [0.1, 0.15) is 28.4 Å². The van der Waals surface area contributed by atoms with Crippen LogP contribution in [0.2, 0.25) is 0 Å². The topological polar surface area (TPSA) is 90.0 Å². The summed E-state index contributed by atoms with van der Waals surface area (Å²) >= 11 is 0. The minimum atomic E-state index is -3.85. The lowest BCUT2D eigenvalue weighted by Gasteiger charge is -2.36. The molecule has 0 saturated carbocycles. The van der Waals surface area contributed by atoms with Crippen LogP contribution < -0.4 is 9.62 Å². The number of anilines is 2. The second-order valence-electron chi connectivity index (χ2n) is 8.49. The van der Waals surface area contributed by atoms with Crippen LogP contribution in [0.3, 0.4) is 0 Å². The zero-order valence-electron chi connectivity index (χ0n) is 19.4. The summed E-state index contributed by atoms with van der Waals surface area (Å²) in [5, 5.41) is 9.82. The van der Waals surface area contributed by atoms with Crippen molar-refractivity contribution in [2.75, 3.05) is 35.8 Å². The van der Waals surface area contributed by atoms with Gasteiger partial charge in [0.15, 0.2) is 0 Å². The van der Waals surface area contributed by atoms with Gasteiger partial charge in [-0.3, -0.25) is 9.62 Å². The largest absolute Gasteiger partial charge is 0.478 e. The number of rotatable bonds is 8. The zero-order valence-corrected chi connectivity index (χ0v) is 20.3. The maximum Gasteiger partial charge on any atom is 0.337 e. The van der Waals surface area contributed by atoms with E-state index < -0.39 is 16.0 Å². The highest BCUT2D eigenvalue weighted by Gasteiger charge is 2.23. The first-order chi connectivity index (χ1) is 16.8. The van der Waals surface area contributed by atoms with Crippen LogP contribution in [0.15, 0.2) is 71.6 Å². The van der Waals surface area contributed by atoms with E-state index >= 15 is 0 Å². The maximum atomic E-state index is 14.0. The molecule has 0 spiro atoms. The highest BCUT2D eigenvalue weighted by atomic mass is 32.2. The van der Waals surface area contributed by atoms with Gasteiger partial charge in [-0.25, -0.2) is 17.6 Å². The monoisotopic (exact) mass is 497 g/mol. The number of aromatic carboxylic acids is 1. The van der Waals surface area contributed by atoms with E-state index in [1.54, 1.807) is 36.4 Å². The van der Waals surface area contributed by atoms with E-state index in [4.69, 9.17) is 0 Å². The number of benzene rings is 3. The number of carboxylic acid groups (broad SMARTS) is 1. The first-order valence-electron chi connectivity index (χ1n) is 11.5.